The Morgan fingerprint density at radius 2 is 1.80 bits per heavy atom. The normalized spacial score (nSPS) is 11.8. The number of aromatic nitrogens is 3. The van der Waals surface area contributed by atoms with Gasteiger partial charge in [0, 0.05) is 43.9 Å². The van der Waals surface area contributed by atoms with Crippen LogP contribution in [0.4, 0.5) is 0 Å². The highest BCUT2D eigenvalue weighted by atomic mass is 35.5. The van der Waals surface area contributed by atoms with E-state index in [4.69, 9.17) is 34.0 Å². The zero-order valence-electron chi connectivity index (χ0n) is 21.9. The second kappa shape index (κ2) is 13.9. The molecule has 0 aliphatic heterocycles. The number of aliphatic carboxylic acids is 1. The van der Waals surface area contributed by atoms with Crippen molar-refractivity contribution in [3.05, 3.63) is 100 Å². The van der Waals surface area contributed by atoms with Crippen LogP contribution in [0.5, 0.6) is 0 Å². The number of nitrogens with one attached hydrogen (secondary N) is 1. The van der Waals surface area contributed by atoms with Gasteiger partial charge in [0.1, 0.15) is 6.04 Å². The van der Waals surface area contributed by atoms with E-state index >= 15 is 0 Å². The Morgan fingerprint density at radius 1 is 1.02 bits per heavy atom. The van der Waals surface area contributed by atoms with E-state index in [1.165, 1.54) is 0 Å². The van der Waals surface area contributed by atoms with E-state index in [-0.39, 0.29) is 32.5 Å². The first kappa shape index (κ1) is 29.7. The molecule has 0 aliphatic rings. The van der Waals surface area contributed by atoms with Crippen molar-refractivity contribution in [3.63, 3.8) is 0 Å². The van der Waals surface area contributed by atoms with Gasteiger partial charge in [-0.25, -0.2) is 4.68 Å². The average Bonchev–Trinajstić information content (AvgIpc) is 3.37. The van der Waals surface area contributed by atoms with Crippen molar-refractivity contribution in [1.29, 1.82) is 0 Å². The van der Waals surface area contributed by atoms with Gasteiger partial charge in [-0.3, -0.25) is 24.3 Å². The smallest absolute Gasteiger partial charge is 0.317 e. The van der Waals surface area contributed by atoms with Gasteiger partial charge in [0.05, 0.1) is 33.7 Å². The summed E-state index contributed by atoms with van der Waals surface area (Å²) in [6, 6.07) is 18.9. The Hall–Kier alpha value is -4.25. The molecule has 4 N–H and O–H groups in total. The Morgan fingerprint density at radius 3 is 2.46 bits per heavy atom. The topological polar surface area (TPSA) is 143 Å². The molecule has 41 heavy (non-hydrogen) atoms. The first-order valence-corrected chi connectivity index (χ1v) is 13.5. The molecule has 2 aromatic heterocycles. The van der Waals surface area contributed by atoms with Gasteiger partial charge >= 0.3 is 5.97 Å². The Balaban J connectivity index is 1.53. The third-order valence-corrected chi connectivity index (χ3v) is 6.99. The predicted octanol–water partition coefficient (Wildman–Crippen LogP) is 3.73. The number of rotatable bonds is 13. The number of carboxylic acids is 1. The summed E-state index contributed by atoms with van der Waals surface area (Å²) in [6.07, 6.45) is 3.53. The zero-order valence-corrected chi connectivity index (χ0v) is 23.4. The molecule has 4 rings (SSSR count). The van der Waals surface area contributed by atoms with E-state index < -0.39 is 23.8 Å². The number of benzene rings is 2. The molecule has 212 valence electrons. The van der Waals surface area contributed by atoms with Crippen molar-refractivity contribution in [2.75, 3.05) is 13.1 Å². The number of hydrogen-bond donors (Lipinski definition) is 3. The molecule has 10 nitrogen and oxygen atoms in total. The molecule has 4 aromatic rings. The maximum atomic E-state index is 12.8. The monoisotopic (exact) mass is 594 g/mol. The number of carbonyl (C=O) groups excluding carboxylic acids is 2. The molecule has 0 radical (unpaired) electrons. The molecule has 1 atom stereocenters. The molecule has 0 aliphatic carbocycles. The Bertz CT molecular complexity index is 1510. The quantitative estimate of drug-likeness (QED) is 0.214. The summed E-state index contributed by atoms with van der Waals surface area (Å²) in [4.78, 5) is 42.3. The first-order chi connectivity index (χ1) is 19.7. The van der Waals surface area contributed by atoms with Gasteiger partial charge in [-0.15, -0.1) is 0 Å². The van der Waals surface area contributed by atoms with E-state index in [0.29, 0.717) is 27.1 Å². The van der Waals surface area contributed by atoms with Crippen LogP contribution in [0.2, 0.25) is 10.0 Å². The van der Waals surface area contributed by atoms with E-state index in [9.17, 15) is 19.5 Å². The minimum atomic E-state index is -1.06. The molecule has 2 aromatic carbocycles. The van der Waals surface area contributed by atoms with Gasteiger partial charge in [-0.1, -0.05) is 53.5 Å². The summed E-state index contributed by atoms with van der Waals surface area (Å²) in [5.74, 6) is -2.13. The molecule has 0 saturated heterocycles. The lowest BCUT2D eigenvalue weighted by atomic mass is 10.1. The second-order valence-corrected chi connectivity index (χ2v) is 10.2. The van der Waals surface area contributed by atoms with Crippen LogP contribution >= 0.6 is 23.2 Å². The van der Waals surface area contributed by atoms with Gasteiger partial charge in [0.15, 0.2) is 0 Å². The largest absolute Gasteiger partial charge is 0.480 e. The summed E-state index contributed by atoms with van der Waals surface area (Å²) < 4.78 is 1.66. The molecule has 0 fully saturated rings. The van der Waals surface area contributed by atoms with E-state index in [1.807, 2.05) is 42.5 Å². The molecular formula is C29H28Cl2N6O4. The standard InChI is InChI=1S/C29H28Cl2N6O4/c30-23-9-8-21(14-24(23)31)37-22(15-25(35-37)20-7-4-11-33-16-20)17-36(18-28(39)40)12-10-27(38)34-26(29(32)41)13-19-5-2-1-3-6-19/h1-9,11,14-16,26H,10,12-13,17-18H2,(H2,32,41)(H,34,38)(H,39,40)/t26-/m0/s1. The number of carbonyl (C=O) groups is 3. The number of hydrogen-bond acceptors (Lipinski definition) is 6. The van der Waals surface area contributed by atoms with E-state index in [1.54, 1.807) is 46.2 Å². The molecule has 0 bridgehead atoms. The summed E-state index contributed by atoms with van der Waals surface area (Å²) >= 11 is 12.4. The van der Waals surface area contributed by atoms with Crippen LogP contribution in [0.3, 0.4) is 0 Å². The van der Waals surface area contributed by atoms with Gasteiger partial charge in [0.25, 0.3) is 0 Å². The fraction of sp³-hybridized carbons (Fsp3) is 0.207. The number of primary amides is 1. The van der Waals surface area contributed by atoms with Gasteiger partial charge in [-0.05, 0) is 42.0 Å². The van der Waals surface area contributed by atoms with Gasteiger partial charge in [0.2, 0.25) is 11.8 Å². The van der Waals surface area contributed by atoms with Crippen molar-refractivity contribution in [3.8, 4) is 16.9 Å². The van der Waals surface area contributed by atoms with Gasteiger partial charge in [-0.2, -0.15) is 5.10 Å². The fourth-order valence-electron chi connectivity index (χ4n) is 4.26. The lowest BCUT2D eigenvalue weighted by Crippen LogP contribution is -2.46. The second-order valence-electron chi connectivity index (χ2n) is 9.34. The van der Waals surface area contributed by atoms with Crippen LogP contribution < -0.4 is 11.1 Å². The molecule has 0 unspecified atom stereocenters. The number of nitrogens with zero attached hydrogens (tertiary/aromatic N) is 4. The minimum Gasteiger partial charge on any atom is -0.480 e. The summed E-state index contributed by atoms with van der Waals surface area (Å²) in [5.41, 5.74) is 9.05. The minimum absolute atomic E-state index is 0.0534. The number of pyridine rings is 1. The first-order valence-electron chi connectivity index (χ1n) is 12.7. The molecular weight excluding hydrogens is 567 g/mol. The maximum absolute atomic E-state index is 12.8. The highest BCUT2D eigenvalue weighted by Gasteiger charge is 2.21. The zero-order chi connectivity index (χ0) is 29.4. The molecule has 12 heteroatoms. The van der Waals surface area contributed by atoms with E-state index in [2.05, 4.69) is 10.3 Å². The average molecular weight is 595 g/mol. The molecule has 2 heterocycles. The number of carboxylic acid groups (broad SMARTS) is 1. The van der Waals surface area contributed by atoms with Crippen molar-refractivity contribution in [2.24, 2.45) is 5.73 Å². The number of nitrogens with two attached hydrogens (primary N) is 1. The number of halogens is 2. The summed E-state index contributed by atoms with van der Waals surface area (Å²) in [5, 5.41) is 17.7. The Kier molecular flexibility index (Phi) is 10.1. The van der Waals surface area contributed by atoms with E-state index in [0.717, 1.165) is 11.1 Å². The maximum Gasteiger partial charge on any atom is 0.317 e. The summed E-state index contributed by atoms with van der Waals surface area (Å²) in [6.45, 7) is -0.0780. The lowest BCUT2D eigenvalue weighted by molar-refractivity contribution is -0.138. The SMILES string of the molecule is NC(=O)[C@H](Cc1ccccc1)NC(=O)CCN(CC(=O)O)Cc1cc(-c2cccnc2)nn1-c1ccc(Cl)c(Cl)c1. The summed E-state index contributed by atoms with van der Waals surface area (Å²) in [7, 11) is 0. The van der Waals surface area contributed by atoms with Crippen molar-refractivity contribution in [1.82, 2.24) is 25.0 Å². The van der Waals surface area contributed by atoms with Crippen molar-refractivity contribution >= 4 is 41.0 Å². The highest BCUT2D eigenvalue weighted by molar-refractivity contribution is 6.42. The van der Waals surface area contributed by atoms with Crippen LogP contribution in [0.15, 0.2) is 79.1 Å². The highest BCUT2D eigenvalue weighted by Crippen LogP contribution is 2.27. The van der Waals surface area contributed by atoms with Crippen LogP contribution in [0.25, 0.3) is 16.9 Å². The third-order valence-electron chi connectivity index (χ3n) is 6.25. The predicted molar refractivity (Wildman–Crippen MR) is 156 cm³/mol. The lowest BCUT2D eigenvalue weighted by Gasteiger charge is -2.21. The van der Waals surface area contributed by atoms with Crippen LogP contribution in [-0.2, 0) is 27.3 Å². The Labute approximate surface area is 246 Å². The fourth-order valence-corrected chi connectivity index (χ4v) is 4.55. The van der Waals surface area contributed by atoms with Crippen LogP contribution in [0.1, 0.15) is 17.7 Å². The molecule has 0 saturated carbocycles. The van der Waals surface area contributed by atoms with Crippen molar-refractivity contribution in [2.45, 2.75) is 25.4 Å². The molecule has 0 spiro atoms. The van der Waals surface area contributed by atoms with Gasteiger partial charge < -0.3 is 16.2 Å². The number of amides is 2. The third kappa shape index (κ3) is 8.37. The molecule has 2 amide bonds. The van der Waals surface area contributed by atoms with Crippen LogP contribution in [-0.4, -0.2) is 61.7 Å². The van der Waals surface area contributed by atoms with Crippen molar-refractivity contribution < 1.29 is 19.5 Å². The van der Waals surface area contributed by atoms with Crippen LogP contribution in [0, 0.1) is 0 Å².